The van der Waals surface area contributed by atoms with E-state index in [1.54, 1.807) is 26.0 Å². The topological polar surface area (TPSA) is 84.0 Å². The van der Waals surface area contributed by atoms with Gasteiger partial charge in [0, 0.05) is 23.7 Å². The van der Waals surface area contributed by atoms with E-state index in [0.717, 1.165) is 9.80 Å². The van der Waals surface area contributed by atoms with Gasteiger partial charge < -0.3 is 4.74 Å². The Kier molecular flexibility index (Phi) is 4.49. The molecule has 14 atom stereocenters. The lowest BCUT2D eigenvalue weighted by Crippen LogP contribution is -2.66. The zero-order valence-electron chi connectivity index (χ0n) is 24.1. The van der Waals surface area contributed by atoms with Crippen LogP contribution in [0.25, 0.3) is 0 Å². The summed E-state index contributed by atoms with van der Waals surface area (Å²) in [7, 11) is 0. The Morgan fingerprint density at radius 2 is 0.889 bits per heavy atom. The van der Waals surface area contributed by atoms with Crippen molar-refractivity contribution in [2.24, 2.45) is 71.0 Å². The SMILES string of the molecule is Cc1cc2c(C)cc1CN1C(=O)[C@@H]3[C@H]4C[C@@H]([C@@H]3C1=O)[C@H]1[C@@H]4C3(C(F)(F)F)OC1(C(F)(F)F)[C@@H]1[C@@H]4C[C@@H]([C@@H]5C(=O)N(C2)C(=O)[C@H]45)[C@@H]13. The van der Waals surface area contributed by atoms with Crippen molar-refractivity contribution in [3.8, 4) is 0 Å². The third kappa shape index (κ3) is 2.54. The number of halogens is 6. The third-order valence-electron chi connectivity index (χ3n) is 14.2. The summed E-state index contributed by atoms with van der Waals surface area (Å²) in [5, 5.41) is 0. The third-order valence-corrected chi connectivity index (χ3v) is 14.2. The summed E-state index contributed by atoms with van der Waals surface area (Å²) in [6.45, 7) is 3.23. The molecule has 7 nitrogen and oxygen atoms in total. The fourth-order valence-electron chi connectivity index (χ4n) is 13.2. The first-order valence-electron chi connectivity index (χ1n) is 15.7. The summed E-state index contributed by atoms with van der Waals surface area (Å²) in [6, 6.07) is 3.55. The second-order valence-corrected chi connectivity index (χ2v) is 15.2. The number of hydrogen-bond donors (Lipinski definition) is 0. The molecule has 8 heterocycles. The van der Waals surface area contributed by atoms with Gasteiger partial charge in [0.15, 0.2) is 11.2 Å². The first-order valence-corrected chi connectivity index (χ1v) is 15.7. The maximum absolute atomic E-state index is 15.7. The Morgan fingerprint density at radius 1 is 0.600 bits per heavy atom. The summed E-state index contributed by atoms with van der Waals surface area (Å²) in [5.41, 5.74) is -3.85. The van der Waals surface area contributed by atoms with Gasteiger partial charge in [-0.05, 0) is 72.6 Å². The first-order chi connectivity index (χ1) is 21.1. The van der Waals surface area contributed by atoms with Crippen LogP contribution in [-0.4, -0.2) is 57.0 Å². The van der Waals surface area contributed by atoms with Crippen molar-refractivity contribution in [1.82, 2.24) is 9.80 Å². The van der Waals surface area contributed by atoms with E-state index in [1.807, 2.05) is 0 Å². The molecule has 4 amide bonds. The lowest BCUT2D eigenvalue weighted by molar-refractivity contribution is -0.329. The Hall–Kier alpha value is -2.96. The van der Waals surface area contributed by atoms with Gasteiger partial charge in [0.25, 0.3) is 0 Å². The Bertz CT molecular complexity index is 1510. The summed E-state index contributed by atoms with van der Waals surface area (Å²) < 4.78 is 100.0. The molecule has 8 aliphatic heterocycles. The number of benzene rings is 1. The molecular formula is C32H28F6N2O5. The molecule has 45 heavy (non-hydrogen) atoms. The zero-order valence-corrected chi connectivity index (χ0v) is 24.1. The average molecular weight is 635 g/mol. The van der Waals surface area contributed by atoms with Crippen molar-refractivity contribution in [2.75, 3.05) is 0 Å². The maximum atomic E-state index is 15.7. The highest BCUT2D eigenvalue weighted by Crippen LogP contribution is 2.86. The van der Waals surface area contributed by atoms with E-state index in [4.69, 9.17) is 4.74 Å². The van der Waals surface area contributed by atoms with Crippen LogP contribution in [0.15, 0.2) is 12.1 Å². The van der Waals surface area contributed by atoms with Crippen LogP contribution in [0.4, 0.5) is 26.3 Å². The number of alkyl halides is 6. The molecule has 1 aromatic rings. The first kappa shape index (κ1) is 27.2. The van der Waals surface area contributed by atoms with Crippen molar-refractivity contribution >= 4 is 23.6 Å². The Balaban J connectivity index is 1.25. The number of amides is 4. The lowest BCUT2D eigenvalue weighted by Gasteiger charge is -2.53. The fourth-order valence-corrected chi connectivity index (χ4v) is 13.2. The largest absolute Gasteiger partial charge is 0.418 e. The summed E-state index contributed by atoms with van der Waals surface area (Å²) in [4.78, 5) is 57.9. The van der Waals surface area contributed by atoms with Gasteiger partial charge in [-0.3, -0.25) is 29.0 Å². The fraction of sp³-hybridized carbons (Fsp3) is 0.688. The van der Waals surface area contributed by atoms with Gasteiger partial charge in [-0.1, -0.05) is 12.1 Å². The Labute approximate surface area is 252 Å². The molecule has 0 radical (unpaired) electrons. The number of aryl methyl sites for hydroxylation is 2. The predicted octanol–water partition coefficient (Wildman–Crippen LogP) is 3.93. The van der Waals surface area contributed by atoms with Gasteiger partial charge >= 0.3 is 12.4 Å². The monoisotopic (exact) mass is 634 g/mol. The Morgan fingerprint density at radius 3 is 1.16 bits per heavy atom. The van der Waals surface area contributed by atoms with E-state index in [1.165, 1.54) is 0 Å². The normalized spacial score (nSPS) is 49.6. The van der Waals surface area contributed by atoms with Crippen LogP contribution in [0, 0.1) is 84.9 Å². The minimum absolute atomic E-state index is 0.0882. The molecule has 0 spiro atoms. The predicted molar refractivity (Wildman–Crippen MR) is 137 cm³/mol. The van der Waals surface area contributed by atoms with Gasteiger partial charge in [0.05, 0.1) is 36.8 Å². The molecule has 4 saturated carbocycles. The van der Waals surface area contributed by atoms with Gasteiger partial charge in [-0.25, -0.2) is 0 Å². The van der Waals surface area contributed by atoms with Crippen LogP contribution < -0.4 is 0 Å². The maximum Gasteiger partial charge on any atom is 0.418 e. The molecule has 8 fully saturated rings. The van der Waals surface area contributed by atoms with E-state index >= 15 is 26.3 Å². The second-order valence-electron chi connectivity index (χ2n) is 15.2. The zero-order chi connectivity index (χ0) is 31.7. The standard InChI is InChI=1S/C32H28F6N2O5/c1-9-3-12-8-40-27(43)19-15-6-16(20(19)28(40)44)24-23(15)29(31(33,34)35)21-13-5-14(22(21)30(24,45-29)32(36,37)38)18-17(13)25(41)39(26(18)42)7-11(9)4-10(12)2/h3-4,13-24H,5-8H2,1-2H3/t13-,14+,15+,16-,17-,18+,19+,20-,21-,22+,23+,24-,29?,30?. The molecule has 0 aromatic heterocycles. The quantitative estimate of drug-likeness (QED) is 0.319. The number of carbonyl (C=O) groups excluding carboxylic acids is 4. The van der Waals surface area contributed by atoms with Crippen LogP contribution in [0.5, 0.6) is 0 Å². The smallest absolute Gasteiger partial charge is 0.348 e. The van der Waals surface area contributed by atoms with E-state index in [2.05, 4.69) is 0 Å². The molecule has 12 aliphatic rings. The minimum Gasteiger partial charge on any atom is -0.348 e. The molecule has 0 N–H and O–H groups in total. The summed E-state index contributed by atoms with van der Waals surface area (Å²) in [5.74, 6) is -18.3. The molecular weight excluding hydrogens is 606 g/mol. The van der Waals surface area contributed by atoms with E-state index < -0.39 is 118 Å². The van der Waals surface area contributed by atoms with Crippen LogP contribution in [-0.2, 0) is 37.0 Å². The second kappa shape index (κ2) is 7.44. The van der Waals surface area contributed by atoms with Crippen molar-refractivity contribution in [3.05, 3.63) is 34.4 Å². The molecule has 13 rings (SSSR count). The lowest BCUT2D eigenvalue weighted by atomic mass is 9.46. The van der Waals surface area contributed by atoms with E-state index in [9.17, 15) is 19.2 Å². The van der Waals surface area contributed by atoms with Gasteiger partial charge in [0.2, 0.25) is 23.6 Å². The number of ether oxygens (including phenoxy) is 1. The summed E-state index contributed by atoms with van der Waals surface area (Å²) in [6.07, 6.45) is -10.7. The number of carbonyl (C=O) groups is 4. The van der Waals surface area contributed by atoms with Crippen LogP contribution in [0.3, 0.4) is 0 Å². The van der Waals surface area contributed by atoms with Crippen molar-refractivity contribution in [3.63, 3.8) is 0 Å². The van der Waals surface area contributed by atoms with Gasteiger partial charge in [-0.2, -0.15) is 26.3 Å². The number of nitrogens with zero attached hydrogens (tertiary/aromatic N) is 2. The summed E-state index contributed by atoms with van der Waals surface area (Å²) >= 11 is 0. The van der Waals surface area contributed by atoms with Crippen molar-refractivity contribution in [1.29, 1.82) is 0 Å². The molecule has 1 aromatic carbocycles. The highest BCUT2D eigenvalue weighted by Gasteiger charge is 2.97. The van der Waals surface area contributed by atoms with Crippen molar-refractivity contribution < 1.29 is 50.3 Å². The van der Waals surface area contributed by atoms with Crippen LogP contribution in [0.2, 0.25) is 0 Å². The molecule has 4 aliphatic carbocycles. The number of imide groups is 2. The molecule has 238 valence electrons. The van der Waals surface area contributed by atoms with Gasteiger partial charge in [-0.15, -0.1) is 0 Å². The number of rotatable bonds is 0. The molecule has 14 bridgehead atoms. The van der Waals surface area contributed by atoms with Gasteiger partial charge in [0.1, 0.15) is 0 Å². The highest BCUT2D eigenvalue weighted by molar-refractivity contribution is 6.07. The molecule has 2 unspecified atom stereocenters. The molecule has 13 heteroatoms. The van der Waals surface area contributed by atoms with E-state index in [0.29, 0.717) is 22.3 Å². The van der Waals surface area contributed by atoms with Crippen LogP contribution >= 0.6 is 0 Å². The minimum atomic E-state index is -5.24. The van der Waals surface area contributed by atoms with Crippen molar-refractivity contribution in [2.45, 2.75) is 63.3 Å². The van der Waals surface area contributed by atoms with Crippen LogP contribution in [0.1, 0.15) is 35.1 Å². The average Bonchev–Trinajstić information content (AvgIpc) is 3.78. The highest BCUT2D eigenvalue weighted by atomic mass is 19.4. The van der Waals surface area contributed by atoms with E-state index in [-0.39, 0.29) is 25.9 Å². The molecule has 4 saturated heterocycles. The number of hydrogen-bond acceptors (Lipinski definition) is 5.